The van der Waals surface area contributed by atoms with Gasteiger partial charge in [0.05, 0.1) is 10.6 Å². The zero-order chi connectivity index (χ0) is 12.3. The molecule has 0 spiro atoms. The van der Waals surface area contributed by atoms with E-state index in [0.717, 1.165) is 17.9 Å². The largest absolute Gasteiger partial charge is 0.330 e. The molecule has 0 atom stereocenters. The van der Waals surface area contributed by atoms with E-state index >= 15 is 0 Å². The lowest BCUT2D eigenvalue weighted by Crippen LogP contribution is -2.26. The average Bonchev–Trinajstić information content (AvgIpc) is 2.82. The van der Waals surface area contributed by atoms with E-state index in [1.807, 2.05) is 18.3 Å². The zero-order valence-electron chi connectivity index (χ0n) is 10.2. The summed E-state index contributed by atoms with van der Waals surface area (Å²) in [7, 11) is 0. The maximum absolute atomic E-state index is 5.73. The van der Waals surface area contributed by atoms with Crippen molar-refractivity contribution in [3.8, 4) is 10.6 Å². The molecule has 2 aromatic rings. The van der Waals surface area contributed by atoms with Crippen LogP contribution in [0.3, 0.4) is 0 Å². The molecule has 0 bridgehead atoms. The molecule has 0 amide bonds. The summed E-state index contributed by atoms with van der Waals surface area (Å²) in [6.07, 6.45) is 2.63. The molecule has 3 nitrogen and oxygen atoms in total. The van der Waals surface area contributed by atoms with Crippen LogP contribution < -0.4 is 5.73 Å². The summed E-state index contributed by atoms with van der Waals surface area (Å²) in [5.41, 5.74) is 6.78. The highest BCUT2D eigenvalue weighted by Gasteiger charge is 2.18. The summed E-state index contributed by atoms with van der Waals surface area (Å²) >= 11 is 1.69. The number of hydrogen-bond donors (Lipinski definition) is 1. The Balaban J connectivity index is 2.23. The second-order valence-corrected chi connectivity index (χ2v) is 5.83. The second-order valence-electron chi connectivity index (χ2n) is 4.88. The molecular weight excluding hydrogens is 230 g/mol. The van der Waals surface area contributed by atoms with Crippen molar-refractivity contribution in [1.82, 2.24) is 9.97 Å². The van der Waals surface area contributed by atoms with Gasteiger partial charge in [0, 0.05) is 12.6 Å². The molecule has 0 aliphatic heterocycles. The van der Waals surface area contributed by atoms with E-state index in [1.165, 1.54) is 4.88 Å². The highest BCUT2D eigenvalue weighted by molar-refractivity contribution is 7.13. The van der Waals surface area contributed by atoms with Crippen molar-refractivity contribution in [3.05, 3.63) is 35.6 Å². The molecule has 0 aliphatic carbocycles. The molecule has 0 saturated carbocycles. The van der Waals surface area contributed by atoms with Crippen LogP contribution in [0.5, 0.6) is 0 Å². The van der Waals surface area contributed by atoms with Crippen LogP contribution in [-0.4, -0.2) is 16.5 Å². The van der Waals surface area contributed by atoms with Crippen LogP contribution in [0.1, 0.15) is 19.7 Å². The van der Waals surface area contributed by atoms with Gasteiger partial charge in [-0.05, 0) is 29.5 Å². The Morgan fingerprint density at radius 2 is 2.18 bits per heavy atom. The predicted octanol–water partition coefficient (Wildman–Crippen LogP) is 2.73. The Hall–Kier alpha value is -1.26. The number of rotatable bonds is 4. The molecule has 0 saturated heterocycles. The standard InChI is InChI=1S/C13H17N3S/c1-13(2,9-14)8-12-15-6-5-10(16-12)11-4-3-7-17-11/h3-7H,8-9,14H2,1-2H3. The summed E-state index contributed by atoms with van der Waals surface area (Å²) in [5.74, 6) is 0.867. The van der Waals surface area contributed by atoms with Crippen molar-refractivity contribution in [2.75, 3.05) is 6.54 Å². The van der Waals surface area contributed by atoms with E-state index in [-0.39, 0.29) is 5.41 Å². The molecule has 0 unspecified atom stereocenters. The number of hydrogen-bond acceptors (Lipinski definition) is 4. The third kappa shape index (κ3) is 3.11. The van der Waals surface area contributed by atoms with Crippen molar-refractivity contribution in [2.24, 2.45) is 11.1 Å². The Kier molecular flexibility index (Phi) is 3.54. The summed E-state index contributed by atoms with van der Waals surface area (Å²) < 4.78 is 0. The van der Waals surface area contributed by atoms with Crippen molar-refractivity contribution < 1.29 is 0 Å². The first-order valence-electron chi connectivity index (χ1n) is 5.67. The normalized spacial score (nSPS) is 11.7. The van der Waals surface area contributed by atoms with Crippen LogP contribution in [0.15, 0.2) is 29.8 Å². The molecule has 17 heavy (non-hydrogen) atoms. The van der Waals surface area contributed by atoms with Crippen LogP contribution in [0.4, 0.5) is 0 Å². The van der Waals surface area contributed by atoms with Gasteiger partial charge in [-0.3, -0.25) is 0 Å². The Bertz CT molecular complexity index is 477. The van der Waals surface area contributed by atoms with Crippen molar-refractivity contribution in [1.29, 1.82) is 0 Å². The molecule has 0 aliphatic rings. The zero-order valence-corrected chi connectivity index (χ0v) is 11.0. The number of aromatic nitrogens is 2. The van der Waals surface area contributed by atoms with Crippen LogP contribution >= 0.6 is 11.3 Å². The molecular formula is C13H17N3S. The van der Waals surface area contributed by atoms with Gasteiger partial charge in [0.25, 0.3) is 0 Å². The van der Waals surface area contributed by atoms with Gasteiger partial charge in [-0.25, -0.2) is 9.97 Å². The Labute approximate surface area is 106 Å². The highest BCUT2D eigenvalue weighted by atomic mass is 32.1. The summed E-state index contributed by atoms with van der Waals surface area (Å²) in [5, 5.41) is 2.06. The first-order valence-corrected chi connectivity index (χ1v) is 6.54. The fourth-order valence-electron chi connectivity index (χ4n) is 1.55. The van der Waals surface area contributed by atoms with Crippen LogP contribution in [0.2, 0.25) is 0 Å². The van der Waals surface area contributed by atoms with E-state index in [2.05, 4.69) is 35.3 Å². The van der Waals surface area contributed by atoms with E-state index in [9.17, 15) is 0 Å². The maximum Gasteiger partial charge on any atom is 0.129 e. The van der Waals surface area contributed by atoms with Gasteiger partial charge in [0.2, 0.25) is 0 Å². The van der Waals surface area contributed by atoms with Crippen LogP contribution in [0.25, 0.3) is 10.6 Å². The third-order valence-corrected chi connectivity index (χ3v) is 3.56. The fourth-order valence-corrected chi connectivity index (χ4v) is 2.24. The molecule has 0 fully saturated rings. The number of nitrogens with two attached hydrogens (primary N) is 1. The van der Waals surface area contributed by atoms with Gasteiger partial charge in [-0.2, -0.15) is 0 Å². The average molecular weight is 247 g/mol. The summed E-state index contributed by atoms with van der Waals surface area (Å²) in [6.45, 7) is 4.90. The minimum Gasteiger partial charge on any atom is -0.330 e. The monoisotopic (exact) mass is 247 g/mol. The van der Waals surface area contributed by atoms with E-state index in [1.54, 1.807) is 11.3 Å². The van der Waals surface area contributed by atoms with Crippen molar-refractivity contribution in [3.63, 3.8) is 0 Å². The van der Waals surface area contributed by atoms with E-state index in [4.69, 9.17) is 5.73 Å². The SMILES string of the molecule is CC(C)(CN)Cc1nccc(-c2cccs2)n1. The van der Waals surface area contributed by atoms with Gasteiger partial charge in [-0.1, -0.05) is 19.9 Å². The summed E-state index contributed by atoms with van der Waals surface area (Å²) in [4.78, 5) is 10.1. The maximum atomic E-state index is 5.73. The Morgan fingerprint density at radius 3 is 2.82 bits per heavy atom. The fraction of sp³-hybridized carbons (Fsp3) is 0.385. The van der Waals surface area contributed by atoms with Crippen molar-refractivity contribution in [2.45, 2.75) is 20.3 Å². The Morgan fingerprint density at radius 1 is 1.35 bits per heavy atom. The predicted molar refractivity (Wildman–Crippen MR) is 71.9 cm³/mol. The van der Waals surface area contributed by atoms with Gasteiger partial charge >= 0.3 is 0 Å². The molecule has 0 aromatic carbocycles. The smallest absolute Gasteiger partial charge is 0.129 e. The van der Waals surface area contributed by atoms with Crippen LogP contribution in [0, 0.1) is 5.41 Å². The lowest BCUT2D eigenvalue weighted by Gasteiger charge is -2.20. The van der Waals surface area contributed by atoms with E-state index < -0.39 is 0 Å². The van der Waals surface area contributed by atoms with E-state index in [0.29, 0.717) is 6.54 Å². The molecule has 2 rings (SSSR count). The molecule has 2 N–H and O–H groups in total. The topological polar surface area (TPSA) is 51.8 Å². The number of nitrogens with zero attached hydrogens (tertiary/aromatic N) is 2. The quantitative estimate of drug-likeness (QED) is 0.903. The lowest BCUT2D eigenvalue weighted by atomic mass is 9.89. The third-order valence-electron chi connectivity index (χ3n) is 2.67. The minimum atomic E-state index is 0.0497. The summed E-state index contributed by atoms with van der Waals surface area (Å²) in [6, 6.07) is 6.06. The van der Waals surface area contributed by atoms with Crippen LogP contribution in [-0.2, 0) is 6.42 Å². The minimum absolute atomic E-state index is 0.0497. The number of thiophene rings is 1. The molecule has 2 aromatic heterocycles. The lowest BCUT2D eigenvalue weighted by molar-refractivity contribution is 0.368. The second kappa shape index (κ2) is 4.94. The van der Waals surface area contributed by atoms with Gasteiger partial charge < -0.3 is 5.73 Å². The first-order chi connectivity index (χ1) is 8.11. The molecule has 0 radical (unpaired) electrons. The van der Waals surface area contributed by atoms with Gasteiger partial charge in [-0.15, -0.1) is 11.3 Å². The molecule has 90 valence electrons. The highest BCUT2D eigenvalue weighted by Crippen LogP contribution is 2.24. The first kappa shape index (κ1) is 12.2. The molecule has 2 heterocycles. The van der Waals surface area contributed by atoms with Crippen molar-refractivity contribution >= 4 is 11.3 Å². The van der Waals surface area contributed by atoms with Gasteiger partial charge in [0.1, 0.15) is 5.82 Å². The van der Waals surface area contributed by atoms with Gasteiger partial charge in [0.15, 0.2) is 0 Å². The molecule has 4 heteroatoms.